The molecule has 2 heteroatoms. The van der Waals surface area contributed by atoms with E-state index in [-0.39, 0.29) is 11.5 Å². The Morgan fingerprint density at radius 1 is 0.879 bits per heavy atom. The van der Waals surface area contributed by atoms with E-state index in [1.54, 1.807) is 0 Å². The summed E-state index contributed by atoms with van der Waals surface area (Å²) in [5, 5.41) is 9.45. The van der Waals surface area contributed by atoms with Crippen LogP contribution in [0.25, 0.3) is 0 Å². The maximum atomic E-state index is 9.45. The normalized spacial score (nSPS) is 46.0. The van der Waals surface area contributed by atoms with E-state index >= 15 is 0 Å². The van der Waals surface area contributed by atoms with Crippen molar-refractivity contribution in [3.05, 3.63) is 11.6 Å². The molecule has 0 aliphatic heterocycles. The highest BCUT2D eigenvalue weighted by molar-refractivity contribution is 5.12. The molecule has 0 aromatic heterocycles. The molecule has 0 aromatic rings. The highest BCUT2D eigenvalue weighted by Crippen LogP contribution is 2.71. The average molecular weight is 459 g/mol. The second-order valence-electron chi connectivity index (χ2n) is 14.4. The van der Waals surface area contributed by atoms with Gasteiger partial charge in [0.05, 0.1) is 6.10 Å². The molecule has 190 valence electrons. The van der Waals surface area contributed by atoms with Crippen molar-refractivity contribution in [3.63, 3.8) is 0 Å². The van der Waals surface area contributed by atoms with Crippen LogP contribution in [0.3, 0.4) is 0 Å². The molecule has 0 aromatic carbocycles. The Hall–Kier alpha value is -0.340. The zero-order valence-electron chi connectivity index (χ0n) is 23.1. The van der Waals surface area contributed by atoms with E-state index in [0.29, 0.717) is 16.7 Å². The lowest BCUT2D eigenvalue weighted by Gasteiger charge is -2.65. The van der Waals surface area contributed by atoms with Crippen molar-refractivity contribution in [1.82, 2.24) is 0 Å². The lowest BCUT2D eigenvalue weighted by Crippen LogP contribution is -2.59. The Labute approximate surface area is 205 Å². The summed E-state index contributed by atoms with van der Waals surface area (Å²) in [5.41, 5.74) is 2.74. The molecule has 2 nitrogen and oxygen atoms in total. The van der Waals surface area contributed by atoms with Crippen molar-refractivity contribution in [3.8, 4) is 0 Å². The number of fused-ring (bicyclic) bond motifs is 5. The topological polar surface area (TPSA) is 29.5 Å². The van der Waals surface area contributed by atoms with Gasteiger partial charge in [-0.3, -0.25) is 5.26 Å². The molecule has 4 fully saturated rings. The average Bonchev–Trinajstić information content (AvgIpc) is 3.10. The summed E-state index contributed by atoms with van der Waals surface area (Å²) in [4.78, 5) is 4.89. The van der Waals surface area contributed by atoms with Gasteiger partial charge in [0.15, 0.2) is 0 Å². The minimum atomic E-state index is -0.0552. The maximum Gasteiger partial charge on any atom is 0.0932 e. The van der Waals surface area contributed by atoms with Crippen LogP contribution in [0.2, 0.25) is 0 Å². The minimum Gasteiger partial charge on any atom is -0.252 e. The number of allylic oxidation sites excluding steroid dienone is 2. The fraction of sp³-hybridized carbons (Fsp3) is 0.935. The van der Waals surface area contributed by atoms with E-state index in [9.17, 15) is 5.26 Å². The number of hydrogen-bond donors (Lipinski definition) is 1. The summed E-state index contributed by atoms with van der Waals surface area (Å²) in [6, 6.07) is 0. The molecule has 0 radical (unpaired) electrons. The summed E-state index contributed by atoms with van der Waals surface area (Å²) in [5.74, 6) is 5.79. The predicted molar refractivity (Wildman–Crippen MR) is 139 cm³/mol. The van der Waals surface area contributed by atoms with Gasteiger partial charge in [0.25, 0.3) is 0 Å². The van der Waals surface area contributed by atoms with E-state index in [1.165, 1.54) is 69.8 Å². The van der Waals surface area contributed by atoms with Crippen LogP contribution in [0, 0.1) is 57.7 Å². The van der Waals surface area contributed by atoms with Gasteiger partial charge in [-0.2, -0.15) is 0 Å². The fourth-order valence-corrected chi connectivity index (χ4v) is 10.9. The first kappa shape index (κ1) is 25.7. The second kappa shape index (κ2) is 9.27. The van der Waals surface area contributed by atoms with Crippen molar-refractivity contribution in [2.75, 3.05) is 0 Å². The number of hydrogen-bond acceptors (Lipinski definition) is 2. The molecular formula is C31H54O2. The third kappa shape index (κ3) is 4.18. The summed E-state index contributed by atoms with van der Waals surface area (Å²) >= 11 is 0. The van der Waals surface area contributed by atoms with Gasteiger partial charge in [-0.05, 0) is 143 Å². The molecule has 33 heavy (non-hydrogen) atoms. The van der Waals surface area contributed by atoms with Crippen molar-refractivity contribution in [1.29, 1.82) is 0 Å². The molecule has 0 amide bonds. The zero-order chi connectivity index (χ0) is 24.2. The highest BCUT2D eigenvalue weighted by Gasteiger charge is 2.63. The van der Waals surface area contributed by atoms with Crippen LogP contribution in [0.5, 0.6) is 0 Å². The Kier molecular flexibility index (Phi) is 7.23. The largest absolute Gasteiger partial charge is 0.252 e. The van der Waals surface area contributed by atoms with Gasteiger partial charge in [-0.25, -0.2) is 4.89 Å². The summed E-state index contributed by atoms with van der Waals surface area (Å²) < 4.78 is 0. The van der Waals surface area contributed by atoms with Gasteiger partial charge in [0.2, 0.25) is 0 Å². The Morgan fingerprint density at radius 3 is 2.21 bits per heavy atom. The first-order valence-electron chi connectivity index (χ1n) is 14.4. The molecule has 0 heterocycles. The second-order valence-corrected chi connectivity index (χ2v) is 14.4. The van der Waals surface area contributed by atoms with Crippen LogP contribution >= 0.6 is 0 Å². The standard InChI is InChI=1S/C31H54O2/c1-20(2)10-9-11-21(3)24-13-14-26-23-12-15-28-29(5,6)25(22(4)33-32)16-19-31(28,8)27(23)17-18-30(24,26)7/h10,21-28,32H,9,11-19H2,1-8H3. The first-order chi connectivity index (χ1) is 15.5. The first-order valence-corrected chi connectivity index (χ1v) is 14.4. The van der Waals surface area contributed by atoms with Gasteiger partial charge in [0, 0.05) is 0 Å². The molecule has 4 aliphatic carbocycles. The van der Waals surface area contributed by atoms with Crippen LogP contribution in [0.4, 0.5) is 0 Å². The van der Waals surface area contributed by atoms with Gasteiger partial charge in [-0.15, -0.1) is 0 Å². The highest BCUT2D eigenvalue weighted by atomic mass is 17.1. The molecule has 0 spiro atoms. The Balaban J connectivity index is 1.52. The van der Waals surface area contributed by atoms with Crippen molar-refractivity contribution < 1.29 is 10.1 Å². The molecule has 1 N–H and O–H groups in total. The third-order valence-electron chi connectivity index (χ3n) is 12.4. The summed E-state index contributed by atoms with van der Waals surface area (Å²) in [7, 11) is 0. The van der Waals surface area contributed by atoms with Crippen LogP contribution in [-0.2, 0) is 4.89 Å². The van der Waals surface area contributed by atoms with Gasteiger partial charge >= 0.3 is 0 Å². The van der Waals surface area contributed by atoms with E-state index in [4.69, 9.17) is 4.89 Å². The molecule has 0 saturated heterocycles. The molecule has 4 saturated carbocycles. The molecule has 0 bridgehead atoms. The molecule has 4 aliphatic rings. The number of rotatable bonds is 6. The quantitative estimate of drug-likeness (QED) is 0.244. The summed E-state index contributed by atoms with van der Waals surface area (Å²) in [6.07, 6.45) is 16.2. The van der Waals surface area contributed by atoms with E-state index < -0.39 is 0 Å². The van der Waals surface area contributed by atoms with Crippen molar-refractivity contribution >= 4 is 0 Å². The Morgan fingerprint density at radius 2 is 1.55 bits per heavy atom. The van der Waals surface area contributed by atoms with Crippen molar-refractivity contribution in [2.45, 2.75) is 126 Å². The molecule has 10 atom stereocenters. The summed E-state index contributed by atoms with van der Waals surface area (Å²) in [6.45, 7) is 19.5. The minimum absolute atomic E-state index is 0.0552. The van der Waals surface area contributed by atoms with Crippen LogP contribution in [0.1, 0.15) is 120 Å². The van der Waals surface area contributed by atoms with Crippen LogP contribution in [-0.4, -0.2) is 11.4 Å². The van der Waals surface area contributed by atoms with Gasteiger partial charge < -0.3 is 0 Å². The van der Waals surface area contributed by atoms with Crippen LogP contribution < -0.4 is 0 Å². The molecule has 4 rings (SSSR count). The van der Waals surface area contributed by atoms with Gasteiger partial charge in [-0.1, -0.05) is 46.3 Å². The smallest absolute Gasteiger partial charge is 0.0932 e. The fourth-order valence-electron chi connectivity index (χ4n) is 10.9. The zero-order valence-corrected chi connectivity index (χ0v) is 23.1. The maximum absolute atomic E-state index is 9.45. The lowest BCUT2D eigenvalue weighted by molar-refractivity contribution is -0.303. The molecule has 10 unspecified atom stereocenters. The van der Waals surface area contributed by atoms with Crippen LogP contribution in [0.15, 0.2) is 11.6 Å². The Bertz CT molecular complexity index is 720. The predicted octanol–water partition coefficient (Wildman–Crippen LogP) is 9.16. The molecular weight excluding hydrogens is 404 g/mol. The van der Waals surface area contributed by atoms with E-state index in [0.717, 1.165) is 35.5 Å². The van der Waals surface area contributed by atoms with E-state index in [2.05, 4.69) is 61.5 Å². The lowest BCUT2D eigenvalue weighted by atomic mass is 9.39. The monoisotopic (exact) mass is 458 g/mol. The SMILES string of the molecule is CC(C)=CCCC(C)C1CCC2C3CCC4C(C)(C)C(C(C)OO)CCC4(C)C3CCC12C. The van der Waals surface area contributed by atoms with E-state index in [1.807, 2.05) is 0 Å². The van der Waals surface area contributed by atoms with Gasteiger partial charge in [0.1, 0.15) is 0 Å². The third-order valence-corrected chi connectivity index (χ3v) is 12.4. The van der Waals surface area contributed by atoms with Crippen molar-refractivity contribution in [2.24, 2.45) is 57.7 Å².